The number of cyclic esters (lactones) is 2. The summed E-state index contributed by atoms with van der Waals surface area (Å²) in [6.07, 6.45) is 2.33. The summed E-state index contributed by atoms with van der Waals surface area (Å²) >= 11 is 0. The highest BCUT2D eigenvalue weighted by Crippen LogP contribution is 2.61. The van der Waals surface area contributed by atoms with Crippen molar-refractivity contribution in [3.05, 3.63) is 0 Å². The second-order valence-electron chi connectivity index (χ2n) is 5.60. The zero-order valence-electron chi connectivity index (χ0n) is 9.18. The highest BCUT2D eigenvalue weighted by Gasteiger charge is 2.73. The van der Waals surface area contributed by atoms with Crippen LogP contribution < -0.4 is 0 Å². The molecule has 0 aromatic heterocycles. The van der Waals surface area contributed by atoms with Gasteiger partial charge in [-0.1, -0.05) is 0 Å². The van der Waals surface area contributed by atoms with Crippen molar-refractivity contribution in [1.82, 2.24) is 0 Å². The van der Waals surface area contributed by atoms with Crippen LogP contribution in [0.4, 0.5) is 0 Å². The van der Waals surface area contributed by atoms with Gasteiger partial charge in [0.1, 0.15) is 6.10 Å². The van der Waals surface area contributed by atoms with E-state index in [2.05, 4.69) is 0 Å². The van der Waals surface area contributed by atoms with Crippen LogP contribution >= 0.6 is 0 Å². The first kappa shape index (κ1) is 9.76. The molecule has 17 heavy (non-hydrogen) atoms. The number of carbonyl (C=O) groups is 3. The first-order chi connectivity index (χ1) is 8.12. The summed E-state index contributed by atoms with van der Waals surface area (Å²) in [6.45, 7) is 0. The van der Waals surface area contributed by atoms with Gasteiger partial charge in [-0.2, -0.15) is 0 Å². The van der Waals surface area contributed by atoms with Crippen LogP contribution in [0.5, 0.6) is 0 Å². The Kier molecular flexibility index (Phi) is 1.59. The van der Waals surface area contributed by atoms with Gasteiger partial charge in [-0.05, 0) is 25.7 Å². The molecular weight excluding hydrogens is 224 g/mol. The Morgan fingerprint density at radius 3 is 2.59 bits per heavy atom. The minimum absolute atomic E-state index is 0.0853. The van der Waals surface area contributed by atoms with Gasteiger partial charge in [0.25, 0.3) is 0 Å². The van der Waals surface area contributed by atoms with E-state index >= 15 is 0 Å². The lowest BCUT2D eigenvalue weighted by atomic mass is 9.77. The number of ketones is 1. The maximum atomic E-state index is 11.7. The van der Waals surface area contributed by atoms with Crippen molar-refractivity contribution in [1.29, 1.82) is 0 Å². The maximum absolute atomic E-state index is 11.7. The van der Waals surface area contributed by atoms with Crippen molar-refractivity contribution in [3.8, 4) is 0 Å². The molecule has 4 fully saturated rings. The van der Waals surface area contributed by atoms with Gasteiger partial charge in [-0.15, -0.1) is 0 Å². The fourth-order valence-corrected chi connectivity index (χ4v) is 3.75. The molecule has 90 valence electrons. The zero-order valence-corrected chi connectivity index (χ0v) is 9.18. The molecule has 2 heterocycles. The van der Waals surface area contributed by atoms with Crippen LogP contribution in [-0.2, 0) is 23.9 Å². The second kappa shape index (κ2) is 2.77. The fraction of sp³-hybridized carbons (Fsp3) is 0.750. The van der Waals surface area contributed by atoms with Crippen LogP contribution in [0.25, 0.3) is 0 Å². The van der Waals surface area contributed by atoms with Crippen LogP contribution in [0.1, 0.15) is 25.7 Å². The summed E-state index contributed by atoms with van der Waals surface area (Å²) in [7, 11) is 0. The van der Waals surface area contributed by atoms with Crippen LogP contribution in [0.15, 0.2) is 0 Å². The molecule has 5 nitrogen and oxygen atoms in total. The standard InChI is InChI=1S/C12H12O5/c13-8-9-12(8)3-5(16-9)1-2-6-7(4-12)11(15)17-10(6)14/h5-7,9H,1-4H2/t5?,6-,7+,9?,12?/m1/s1. The Hall–Kier alpha value is -1.23. The predicted molar refractivity (Wildman–Crippen MR) is 52.6 cm³/mol. The van der Waals surface area contributed by atoms with Gasteiger partial charge in [0.2, 0.25) is 0 Å². The fourth-order valence-electron chi connectivity index (χ4n) is 3.75. The molecule has 0 radical (unpaired) electrons. The van der Waals surface area contributed by atoms with Crippen molar-refractivity contribution >= 4 is 17.7 Å². The van der Waals surface area contributed by atoms with Gasteiger partial charge in [0.15, 0.2) is 5.78 Å². The number of fused-ring (bicyclic) bond motifs is 2. The van der Waals surface area contributed by atoms with E-state index < -0.39 is 23.3 Å². The molecule has 4 rings (SSSR count). The largest absolute Gasteiger partial charge is 0.393 e. The lowest BCUT2D eigenvalue weighted by Crippen LogP contribution is -2.28. The molecule has 2 aliphatic heterocycles. The first-order valence-corrected chi connectivity index (χ1v) is 6.07. The van der Waals surface area contributed by atoms with Gasteiger partial charge in [0.05, 0.1) is 23.4 Å². The minimum atomic E-state index is -0.461. The molecule has 2 bridgehead atoms. The molecule has 3 unspecified atom stereocenters. The highest BCUT2D eigenvalue weighted by atomic mass is 16.6. The molecule has 1 spiro atoms. The van der Waals surface area contributed by atoms with Gasteiger partial charge < -0.3 is 9.47 Å². The molecule has 2 aliphatic carbocycles. The molecule has 2 saturated heterocycles. The Morgan fingerprint density at radius 1 is 1.00 bits per heavy atom. The number of rotatable bonds is 0. The Bertz CT molecular complexity index is 456. The molecule has 4 aliphatic rings. The Labute approximate surface area is 97.4 Å². The van der Waals surface area contributed by atoms with Crippen molar-refractivity contribution in [2.45, 2.75) is 37.9 Å². The summed E-state index contributed by atoms with van der Waals surface area (Å²) in [4.78, 5) is 34.9. The normalized spacial score (nSPS) is 51.4. The monoisotopic (exact) mass is 236 g/mol. The number of hydrogen-bond donors (Lipinski definition) is 0. The molecule has 0 aromatic rings. The number of Topliss-reactive ketones (excluding diaryl/α,β-unsaturated/α-hetero) is 1. The smallest absolute Gasteiger partial charge is 0.317 e. The third-order valence-electron chi connectivity index (χ3n) is 4.74. The van der Waals surface area contributed by atoms with Gasteiger partial charge in [-0.25, -0.2) is 0 Å². The summed E-state index contributed by atoms with van der Waals surface area (Å²) in [5.74, 6) is -1.51. The number of esters is 2. The van der Waals surface area contributed by atoms with E-state index in [0.717, 1.165) is 12.8 Å². The van der Waals surface area contributed by atoms with Crippen molar-refractivity contribution in [2.75, 3.05) is 0 Å². The molecule has 0 aromatic carbocycles. The molecule has 0 amide bonds. The topological polar surface area (TPSA) is 69.7 Å². The van der Waals surface area contributed by atoms with Gasteiger partial charge in [-0.3, -0.25) is 14.4 Å². The van der Waals surface area contributed by atoms with Crippen LogP contribution in [0, 0.1) is 17.3 Å². The van der Waals surface area contributed by atoms with E-state index in [0.29, 0.717) is 12.8 Å². The summed E-state index contributed by atoms with van der Waals surface area (Å²) in [5, 5.41) is 0. The predicted octanol–water partition coefficient (Wildman–Crippen LogP) is 0.213. The number of ether oxygens (including phenoxy) is 2. The number of hydrogen-bond acceptors (Lipinski definition) is 5. The zero-order chi connectivity index (χ0) is 11.8. The molecule has 5 atom stereocenters. The van der Waals surface area contributed by atoms with Crippen molar-refractivity contribution < 1.29 is 23.9 Å². The van der Waals surface area contributed by atoms with Crippen LogP contribution in [0.2, 0.25) is 0 Å². The van der Waals surface area contributed by atoms with Crippen molar-refractivity contribution in [3.63, 3.8) is 0 Å². The molecule has 2 saturated carbocycles. The third-order valence-corrected chi connectivity index (χ3v) is 4.74. The molecule has 5 heteroatoms. The van der Waals surface area contributed by atoms with Gasteiger partial charge >= 0.3 is 11.9 Å². The Morgan fingerprint density at radius 2 is 1.76 bits per heavy atom. The highest BCUT2D eigenvalue weighted by molar-refractivity contribution is 6.08. The quantitative estimate of drug-likeness (QED) is 0.444. The van der Waals surface area contributed by atoms with Gasteiger partial charge in [0, 0.05) is 0 Å². The summed E-state index contributed by atoms with van der Waals surface area (Å²) < 4.78 is 10.3. The lowest BCUT2D eigenvalue weighted by molar-refractivity contribution is -0.154. The van der Waals surface area contributed by atoms with E-state index in [-0.39, 0.29) is 23.9 Å². The summed E-state index contributed by atoms with van der Waals surface area (Å²) in [5.41, 5.74) is -0.461. The lowest BCUT2D eigenvalue weighted by Gasteiger charge is -2.22. The average molecular weight is 236 g/mol. The van der Waals surface area contributed by atoms with E-state index in [1.807, 2.05) is 0 Å². The van der Waals surface area contributed by atoms with Crippen LogP contribution in [0.3, 0.4) is 0 Å². The molecule has 0 N–H and O–H groups in total. The summed E-state index contributed by atoms with van der Waals surface area (Å²) in [6, 6.07) is 0. The average Bonchev–Trinajstić information content (AvgIpc) is 2.62. The number of carbonyl (C=O) groups excluding carboxylic acids is 3. The van der Waals surface area contributed by atoms with E-state index in [1.54, 1.807) is 0 Å². The van der Waals surface area contributed by atoms with Crippen molar-refractivity contribution in [2.24, 2.45) is 17.3 Å². The second-order valence-corrected chi connectivity index (χ2v) is 5.60. The first-order valence-electron chi connectivity index (χ1n) is 6.07. The van der Waals surface area contributed by atoms with E-state index in [4.69, 9.17) is 9.47 Å². The van der Waals surface area contributed by atoms with E-state index in [9.17, 15) is 14.4 Å². The minimum Gasteiger partial charge on any atom is -0.393 e. The van der Waals surface area contributed by atoms with Crippen LogP contribution in [-0.4, -0.2) is 29.9 Å². The third kappa shape index (κ3) is 1.06. The SMILES string of the molecule is O=C1OC(=O)[C@@H]2CCC3CC4(C[C@H]12)C(=O)C4O3. The van der Waals surface area contributed by atoms with E-state index in [1.165, 1.54) is 0 Å². The Balaban J connectivity index is 1.70. The maximum Gasteiger partial charge on any atom is 0.317 e. The molecular formula is C12H12O5.